The van der Waals surface area contributed by atoms with E-state index in [1.807, 2.05) is 42.5 Å². The van der Waals surface area contributed by atoms with Crippen molar-refractivity contribution < 1.29 is 14.3 Å². The second-order valence-corrected chi connectivity index (χ2v) is 7.71. The molecule has 3 amide bonds. The maximum atomic E-state index is 12.5. The maximum absolute atomic E-state index is 12.5. The third kappa shape index (κ3) is 5.17. The predicted octanol–water partition coefficient (Wildman–Crippen LogP) is 2.84. The van der Waals surface area contributed by atoms with Crippen molar-refractivity contribution in [3.8, 4) is 0 Å². The number of para-hydroxylation sites is 2. The smallest absolute Gasteiger partial charge is 0.319 e. The molecule has 2 aliphatic rings. The molecule has 2 saturated heterocycles. The fourth-order valence-electron chi connectivity index (χ4n) is 3.98. The highest BCUT2D eigenvalue weighted by atomic mass is 16.5. The zero-order valence-corrected chi connectivity index (χ0v) is 17.0. The van der Waals surface area contributed by atoms with Gasteiger partial charge in [-0.15, -0.1) is 0 Å². The largest absolute Gasteiger partial charge is 0.374 e. The van der Waals surface area contributed by atoms with Gasteiger partial charge in [-0.25, -0.2) is 4.79 Å². The molecule has 2 N–H and O–H groups in total. The molecule has 1 atom stereocenters. The Balaban J connectivity index is 1.28. The molecular formula is C23H28N4O3. The van der Waals surface area contributed by atoms with E-state index in [-0.39, 0.29) is 18.0 Å². The molecule has 0 aliphatic carbocycles. The second-order valence-electron chi connectivity index (χ2n) is 7.71. The molecule has 158 valence electrons. The average molecular weight is 409 g/mol. The lowest BCUT2D eigenvalue weighted by atomic mass is 10.2. The zero-order chi connectivity index (χ0) is 20.8. The van der Waals surface area contributed by atoms with Crippen molar-refractivity contribution in [3.05, 3.63) is 60.2 Å². The van der Waals surface area contributed by atoms with Crippen LogP contribution in [0, 0.1) is 0 Å². The molecule has 0 radical (unpaired) electrons. The van der Waals surface area contributed by atoms with E-state index in [9.17, 15) is 9.59 Å². The molecule has 7 heteroatoms. The Morgan fingerprint density at radius 2 is 1.87 bits per heavy atom. The van der Waals surface area contributed by atoms with Gasteiger partial charge < -0.3 is 20.3 Å². The Morgan fingerprint density at radius 3 is 2.67 bits per heavy atom. The van der Waals surface area contributed by atoms with Crippen LogP contribution in [0.5, 0.6) is 0 Å². The van der Waals surface area contributed by atoms with E-state index in [2.05, 4.69) is 27.7 Å². The summed E-state index contributed by atoms with van der Waals surface area (Å²) in [5.41, 5.74) is 2.66. The molecule has 2 aliphatic heterocycles. The van der Waals surface area contributed by atoms with Gasteiger partial charge in [0, 0.05) is 39.1 Å². The number of ether oxygens (including phenoxy) is 1. The number of carbonyl (C=O) groups excluding carboxylic acids is 2. The molecule has 2 heterocycles. The Labute approximate surface area is 177 Å². The van der Waals surface area contributed by atoms with E-state index in [0.29, 0.717) is 31.8 Å². The topological polar surface area (TPSA) is 73.9 Å². The fourth-order valence-corrected chi connectivity index (χ4v) is 3.98. The van der Waals surface area contributed by atoms with Gasteiger partial charge in [0.15, 0.2) is 0 Å². The summed E-state index contributed by atoms with van der Waals surface area (Å²) in [7, 11) is 0. The average Bonchev–Trinajstić information content (AvgIpc) is 3.19. The number of nitrogens with zero attached hydrogens (tertiary/aromatic N) is 2. The quantitative estimate of drug-likeness (QED) is 0.771. The predicted molar refractivity (Wildman–Crippen MR) is 117 cm³/mol. The van der Waals surface area contributed by atoms with Crippen LogP contribution in [0.15, 0.2) is 54.6 Å². The highest BCUT2D eigenvalue weighted by Crippen LogP contribution is 2.29. The third-order valence-electron chi connectivity index (χ3n) is 5.48. The van der Waals surface area contributed by atoms with E-state index in [1.165, 1.54) is 5.56 Å². The van der Waals surface area contributed by atoms with Crippen molar-refractivity contribution in [3.63, 3.8) is 0 Å². The number of carbonyl (C=O) groups is 2. The van der Waals surface area contributed by atoms with Gasteiger partial charge in [-0.3, -0.25) is 9.69 Å². The first kappa shape index (κ1) is 20.4. The molecule has 30 heavy (non-hydrogen) atoms. The first-order valence-electron chi connectivity index (χ1n) is 10.5. The normalized spacial score (nSPS) is 19.7. The highest BCUT2D eigenvalue weighted by molar-refractivity contribution is 6.01. The van der Waals surface area contributed by atoms with Gasteiger partial charge in [-0.1, -0.05) is 42.5 Å². The number of rotatable bonds is 6. The monoisotopic (exact) mass is 408 g/mol. The van der Waals surface area contributed by atoms with Gasteiger partial charge >= 0.3 is 6.03 Å². The number of morpholine rings is 1. The highest BCUT2D eigenvalue weighted by Gasteiger charge is 2.25. The number of hydrogen-bond donors (Lipinski definition) is 2. The van der Waals surface area contributed by atoms with Gasteiger partial charge in [-0.2, -0.15) is 0 Å². The van der Waals surface area contributed by atoms with Crippen molar-refractivity contribution in [2.45, 2.75) is 25.5 Å². The summed E-state index contributed by atoms with van der Waals surface area (Å²) in [5, 5.41) is 5.79. The van der Waals surface area contributed by atoms with Crippen molar-refractivity contribution in [1.29, 1.82) is 0 Å². The number of nitrogens with one attached hydrogen (secondary N) is 2. The molecule has 2 fully saturated rings. The molecule has 4 rings (SSSR count). The van der Waals surface area contributed by atoms with E-state index in [0.717, 1.165) is 31.7 Å². The molecule has 1 unspecified atom stereocenters. The van der Waals surface area contributed by atoms with Crippen LogP contribution in [0.4, 0.5) is 16.2 Å². The Hall–Kier alpha value is -2.90. The molecule has 2 aromatic carbocycles. The van der Waals surface area contributed by atoms with Crippen LogP contribution in [0.2, 0.25) is 0 Å². The summed E-state index contributed by atoms with van der Waals surface area (Å²) in [6.07, 6.45) is 1.35. The third-order valence-corrected chi connectivity index (χ3v) is 5.48. The van der Waals surface area contributed by atoms with Crippen LogP contribution in [-0.2, 0) is 16.1 Å². The Kier molecular flexibility index (Phi) is 6.61. The summed E-state index contributed by atoms with van der Waals surface area (Å²) < 4.78 is 5.83. The van der Waals surface area contributed by atoms with Gasteiger partial charge in [0.1, 0.15) is 0 Å². The number of anilines is 2. The summed E-state index contributed by atoms with van der Waals surface area (Å²) in [6, 6.07) is 17.5. The Bertz CT molecular complexity index is 874. The minimum Gasteiger partial charge on any atom is -0.374 e. The molecule has 0 saturated carbocycles. The zero-order valence-electron chi connectivity index (χ0n) is 17.0. The van der Waals surface area contributed by atoms with E-state index in [4.69, 9.17) is 4.74 Å². The SMILES string of the molecule is O=C(NCC1CN(Cc2ccccc2)CCO1)Nc1ccccc1N1CCCC1=O. The van der Waals surface area contributed by atoms with Gasteiger partial charge in [0.05, 0.1) is 24.1 Å². The summed E-state index contributed by atoms with van der Waals surface area (Å²) >= 11 is 0. The van der Waals surface area contributed by atoms with Crippen LogP contribution in [0.1, 0.15) is 18.4 Å². The van der Waals surface area contributed by atoms with Crippen LogP contribution in [0.25, 0.3) is 0 Å². The summed E-state index contributed by atoms with van der Waals surface area (Å²) in [6.45, 7) is 4.31. The molecule has 0 spiro atoms. The fraction of sp³-hybridized carbons (Fsp3) is 0.391. The maximum Gasteiger partial charge on any atom is 0.319 e. The lowest BCUT2D eigenvalue weighted by molar-refractivity contribution is -0.117. The first-order valence-corrected chi connectivity index (χ1v) is 10.5. The van der Waals surface area contributed by atoms with Crippen molar-refractivity contribution in [2.24, 2.45) is 0 Å². The lowest BCUT2D eigenvalue weighted by Crippen LogP contribution is -2.47. The van der Waals surface area contributed by atoms with Crippen LogP contribution < -0.4 is 15.5 Å². The van der Waals surface area contributed by atoms with E-state index >= 15 is 0 Å². The number of urea groups is 1. The number of amides is 3. The molecular weight excluding hydrogens is 380 g/mol. The summed E-state index contributed by atoms with van der Waals surface area (Å²) in [5.74, 6) is 0.0961. The van der Waals surface area contributed by atoms with Crippen molar-refractivity contribution in [2.75, 3.05) is 43.0 Å². The van der Waals surface area contributed by atoms with Crippen LogP contribution in [-0.4, -0.2) is 55.7 Å². The molecule has 2 aromatic rings. The van der Waals surface area contributed by atoms with Gasteiger partial charge in [0.25, 0.3) is 0 Å². The lowest BCUT2D eigenvalue weighted by Gasteiger charge is -2.33. The van der Waals surface area contributed by atoms with E-state index < -0.39 is 0 Å². The second kappa shape index (κ2) is 9.73. The molecule has 7 nitrogen and oxygen atoms in total. The minimum absolute atomic E-state index is 0.0522. The standard InChI is InChI=1S/C23H28N4O3/c28-22-11-6-12-27(22)21-10-5-4-9-20(21)25-23(29)24-15-19-17-26(13-14-30-19)16-18-7-2-1-3-8-18/h1-5,7-10,19H,6,11-17H2,(H2,24,25,29). The molecule has 0 aromatic heterocycles. The molecule has 0 bridgehead atoms. The van der Waals surface area contributed by atoms with Crippen LogP contribution in [0.3, 0.4) is 0 Å². The number of benzene rings is 2. The van der Waals surface area contributed by atoms with Gasteiger partial charge in [0.2, 0.25) is 5.91 Å². The van der Waals surface area contributed by atoms with Gasteiger partial charge in [-0.05, 0) is 24.1 Å². The summed E-state index contributed by atoms with van der Waals surface area (Å²) in [4.78, 5) is 28.6. The van der Waals surface area contributed by atoms with E-state index in [1.54, 1.807) is 4.90 Å². The first-order chi connectivity index (χ1) is 14.7. The Morgan fingerprint density at radius 1 is 1.07 bits per heavy atom. The van der Waals surface area contributed by atoms with Crippen molar-refractivity contribution in [1.82, 2.24) is 10.2 Å². The van der Waals surface area contributed by atoms with Crippen LogP contribution >= 0.6 is 0 Å². The minimum atomic E-state index is -0.294. The number of hydrogen-bond acceptors (Lipinski definition) is 4. The van der Waals surface area contributed by atoms with Crippen molar-refractivity contribution >= 4 is 23.3 Å².